The molecule has 0 N–H and O–H groups in total. The van der Waals surface area contributed by atoms with Crippen molar-refractivity contribution in [3.05, 3.63) is 63.0 Å². The topological polar surface area (TPSA) is 36.7 Å². The van der Waals surface area contributed by atoms with Gasteiger partial charge in [0.2, 0.25) is 0 Å². The fraction of sp³-hybridized carbons (Fsp3) is 0. The van der Waals surface area contributed by atoms with Crippen molar-refractivity contribution in [3.63, 3.8) is 0 Å². The minimum atomic E-state index is 0.551. The minimum absolute atomic E-state index is 0.551. The smallest absolute Gasteiger partial charge is 0.125 e. The Morgan fingerprint density at radius 2 is 1.95 bits per heavy atom. The van der Waals surface area contributed by atoms with Crippen molar-refractivity contribution in [1.29, 1.82) is 5.26 Å². The van der Waals surface area contributed by atoms with Crippen LogP contribution in [0.1, 0.15) is 5.56 Å². The molecule has 1 aromatic carbocycles. The maximum Gasteiger partial charge on any atom is 0.125 e. The van der Waals surface area contributed by atoms with Crippen molar-refractivity contribution in [3.8, 4) is 27.8 Å². The molecule has 0 saturated heterocycles. The lowest BCUT2D eigenvalue weighted by Crippen LogP contribution is -1.92. The van der Waals surface area contributed by atoms with Gasteiger partial charge in [-0.2, -0.15) is 5.26 Å². The molecule has 2 nitrogen and oxygen atoms in total. The van der Waals surface area contributed by atoms with Crippen LogP contribution in [0.4, 0.5) is 0 Å². The molecule has 0 amide bonds. The number of nitrogens with zero attached hydrogens (tertiary/aromatic N) is 2. The van der Waals surface area contributed by atoms with Gasteiger partial charge in [-0.3, -0.25) is 0 Å². The Kier molecular flexibility index (Phi) is 4.07. The van der Waals surface area contributed by atoms with Crippen molar-refractivity contribution in [2.45, 2.75) is 0 Å². The Bertz CT molecular complexity index is 821. The van der Waals surface area contributed by atoms with Crippen LogP contribution < -0.4 is 0 Å². The van der Waals surface area contributed by atoms with Crippen LogP contribution in [0.5, 0.6) is 0 Å². The van der Waals surface area contributed by atoms with Gasteiger partial charge in [-0.15, -0.1) is 11.3 Å². The highest BCUT2D eigenvalue weighted by atomic mass is 79.9. The van der Waals surface area contributed by atoms with Gasteiger partial charge in [-0.05, 0) is 45.6 Å². The molecular weight excluding hydrogens is 368 g/mol. The molecule has 2 heterocycles. The lowest BCUT2D eigenvalue weighted by molar-refractivity contribution is 1.26. The number of aromatic nitrogens is 1. The largest absolute Gasteiger partial charge is 0.239 e. The summed E-state index contributed by atoms with van der Waals surface area (Å²) in [6, 6.07) is 15.6. The van der Waals surface area contributed by atoms with Gasteiger partial charge in [-0.25, -0.2) is 4.98 Å². The van der Waals surface area contributed by atoms with Gasteiger partial charge in [0.25, 0.3) is 0 Å². The van der Waals surface area contributed by atoms with E-state index in [0.717, 1.165) is 21.7 Å². The second kappa shape index (κ2) is 5.98. The number of hydrogen-bond acceptors (Lipinski definition) is 3. The van der Waals surface area contributed by atoms with Gasteiger partial charge >= 0.3 is 0 Å². The first-order valence-electron chi connectivity index (χ1n) is 6.09. The highest BCUT2D eigenvalue weighted by Crippen LogP contribution is 2.34. The zero-order valence-electron chi connectivity index (χ0n) is 10.7. The number of thiophene rings is 1. The second-order valence-electron chi connectivity index (χ2n) is 4.32. The first kappa shape index (κ1) is 14.3. The summed E-state index contributed by atoms with van der Waals surface area (Å²) in [6.07, 6.45) is 0. The number of halogens is 2. The van der Waals surface area contributed by atoms with Gasteiger partial charge in [0.05, 0.1) is 11.3 Å². The van der Waals surface area contributed by atoms with Gasteiger partial charge in [0.1, 0.15) is 10.7 Å². The van der Waals surface area contributed by atoms with Crippen molar-refractivity contribution >= 4 is 38.9 Å². The van der Waals surface area contributed by atoms with Crippen LogP contribution in [0, 0.1) is 11.3 Å². The summed E-state index contributed by atoms with van der Waals surface area (Å²) in [4.78, 5) is 5.52. The van der Waals surface area contributed by atoms with Crippen molar-refractivity contribution < 1.29 is 0 Å². The Balaban J connectivity index is 2.21. The standard InChI is InChI=1S/C16H8BrClN2S/c17-16-13(9-19)12(15-2-1-7-21-15)8-14(20-16)10-3-5-11(18)6-4-10/h1-8H. The summed E-state index contributed by atoms with van der Waals surface area (Å²) in [7, 11) is 0. The number of rotatable bonds is 2. The van der Waals surface area contributed by atoms with Crippen molar-refractivity contribution in [2.75, 3.05) is 0 Å². The SMILES string of the molecule is N#Cc1c(-c2cccs2)cc(-c2ccc(Cl)cc2)nc1Br. The molecule has 3 aromatic rings. The van der Waals surface area contributed by atoms with E-state index < -0.39 is 0 Å². The quantitative estimate of drug-likeness (QED) is 0.533. The van der Waals surface area contributed by atoms with Gasteiger partial charge in [-0.1, -0.05) is 29.8 Å². The molecule has 21 heavy (non-hydrogen) atoms. The van der Waals surface area contributed by atoms with Crippen LogP contribution in [-0.2, 0) is 0 Å². The molecule has 5 heteroatoms. The summed E-state index contributed by atoms with van der Waals surface area (Å²) in [5.41, 5.74) is 3.21. The molecule has 0 aliphatic heterocycles. The average Bonchev–Trinajstić information content (AvgIpc) is 3.01. The van der Waals surface area contributed by atoms with E-state index in [1.165, 1.54) is 0 Å². The van der Waals surface area contributed by atoms with Crippen molar-refractivity contribution in [1.82, 2.24) is 4.98 Å². The summed E-state index contributed by atoms with van der Waals surface area (Å²) in [5.74, 6) is 0. The van der Waals surface area contributed by atoms with Crippen LogP contribution in [-0.4, -0.2) is 4.98 Å². The maximum absolute atomic E-state index is 9.36. The van der Waals surface area contributed by atoms with E-state index in [-0.39, 0.29) is 0 Å². The number of benzene rings is 1. The summed E-state index contributed by atoms with van der Waals surface area (Å²) in [5, 5.41) is 12.0. The lowest BCUT2D eigenvalue weighted by Gasteiger charge is -2.08. The molecule has 0 fully saturated rings. The Morgan fingerprint density at radius 1 is 1.19 bits per heavy atom. The summed E-state index contributed by atoms with van der Waals surface area (Å²) in [6.45, 7) is 0. The number of hydrogen-bond donors (Lipinski definition) is 0. The summed E-state index contributed by atoms with van der Waals surface area (Å²) >= 11 is 10.9. The third-order valence-electron chi connectivity index (χ3n) is 3.01. The minimum Gasteiger partial charge on any atom is -0.239 e. The van der Waals surface area contributed by atoms with E-state index in [1.807, 2.05) is 47.8 Å². The highest BCUT2D eigenvalue weighted by Gasteiger charge is 2.14. The molecule has 3 rings (SSSR count). The Labute approximate surface area is 139 Å². The first-order valence-corrected chi connectivity index (χ1v) is 8.14. The molecule has 0 bridgehead atoms. The monoisotopic (exact) mass is 374 g/mol. The van der Waals surface area contributed by atoms with E-state index in [0.29, 0.717) is 15.2 Å². The van der Waals surface area contributed by atoms with Gasteiger partial charge in [0.15, 0.2) is 0 Å². The van der Waals surface area contributed by atoms with Gasteiger partial charge < -0.3 is 0 Å². The van der Waals surface area contributed by atoms with Crippen LogP contribution >= 0.6 is 38.9 Å². The maximum atomic E-state index is 9.36. The van der Waals surface area contributed by atoms with Crippen molar-refractivity contribution in [2.24, 2.45) is 0 Å². The Hall–Kier alpha value is -1.67. The molecule has 0 aliphatic rings. The van der Waals surface area contributed by atoms with E-state index in [1.54, 1.807) is 11.3 Å². The lowest BCUT2D eigenvalue weighted by atomic mass is 10.0. The van der Waals surface area contributed by atoms with E-state index in [2.05, 4.69) is 27.0 Å². The molecule has 0 unspecified atom stereocenters. The number of pyridine rings is 1. The molecule has 0 radical (unpaired) electrons. The molecule has 0 atom stereocenters. The molecular formula is C16H8BrClN2S. The van der Waals surface area contributed by atoms with E-state index >= 15 is 0 Å². The Morgan fingerprint density at radius 3 is 2.57 bits per heavy atom. The highest BCUT2D eigenvalue weighted by molar-refractivity contribution is 9.10. The molecule has 2 aromatic heterocycles. The van der Waals surface area contributed by atoms with Crippen LogP contribution in [0.2, 0.25) is 5.02 Å². The van der Waals surface area contributed by atoms with Crippen LogP contribution in [0.25, 0.3) is 21.7 Å². The van der Waals surface area contributed by atoms with Crippen LogP contribution in [0.15, 0.2) is 52.4 Å². The normalized spacial score (nSPS) is 10.3. The fourth-order valence-electron chi connectivity index (χ4n) is 2.01. The van der Waals surface area contributed by atoms with E-state index in [9.17, 15) is 5.26 Å². The molecule has 0 spiro atoms. The molecule has 0 saturated carbocycles. The van der Waals surface area contributed by atoms with Gasteiger partial charge in [0, 0.05) is 21.0 Å². The summed E-state index contributed by atoms with van der Waals surface area (Å²) < 4.78 is 0.556. The molecule has 0 aliphatic carbocycles. The third-order valence-corrected chi connectivity index (χ3v) is 4.74. The first-order chi connectivity index (χ1) is 10.2. The average molecular weight is 376 g/mol. The zero-order valence-corrected chi connectivity index (χ0v) is 13.8. The van der Waals surface area contributed by atoms with Crippen LogP contribution in [0.3, 0.4) is 0 Å². The number of nitriles is 1. The second-order valence-corrected chi connectivity index (χ2v) is 6.45. The zero-order chi connectivity index (χ0) is 14.8. The predicted octanol–water partition coefficient (Wildman–Crippen LogP) is 5.76. The third kappa shape index (κ3) is 2.86. The fourth-order valence-corrected chi connectivity index (χ4v) is 3.38. The molecule has 102 valence electrons. The predicted molar refractivity (Wildman–Crippen MR) is 90.4 cm³/mol. The van der Waals surface area contributed by atoms with E-state index in [4.69, 9.17) is 11.6 Å².